The number of likely N-dealkylation sites (tertiary alicyclic amines) is 1. The molecular weight excluding hydrogens is 364 g/mol. The molecule has 0 spiro atoms. The number of amides is 1. The second-order valence-corrected chi connectivity index (χ2v) is 9.27. The first kappa shape index (κ1) is 19.5. The predicted molar refractivity (Wildman–Crippen MR) is 114 cm³/mol. The molecule has 4 rings (SSSR count). The van der Waals surface area contributed by atoms with E-state index in [-0.39, 0.29) is 11.3 Å². The van der Waals surface area contributed by atoms with Gasteiger partial charge < -0.3 is 14.6 Å². The van der Waals surface area contributed by atoms with E-state index in [0.717, 1.165) is 54.5 Å². The smallest absolute Gasteiger partial charge is 0.223 e. The fourth-order valence-electron chi connectivity index (χ4n) is 3.95. The van der Waals surface area contributed by atoms with Crippen LogP contribution in [-0.4, -0.2) is 43.5 Å². The van der Waals surface area contributed by atoms with Gasteiger partial charge >= 0.3 is 0 Å². The summed E-state index contributed by atoms with van der Waals surface area (Å²) >= 11 is 0. The van der Waals surface area contributed by atoms with Crippen LogP contribution in [0.4, 0.5) is 11.6 Å². The molecule has 1 amide bonds. The first-order chi connectivity index (χ1) is 13.8. The van der Waals surface area contributed by atoms with Crippen LogP contribution in [0.15, 0.2) is 30.6 Å². The topological polar surface area (TPSA) is 78.3 Å². The highest BCUT2D eigenvalue weighted by molar-refractivity contribution is 5.77. The zero-order chi connectivity index (χ0) is 20.6. The molecule has 1 aliphatic rings. The van der Waals surface area contributed by atoms with E-state index in [1.807, 2.05) is 36.2 Å². The highest BCUT2D eigenvalue weighted by Gasteiger charge is 2.27. The van der Waals surface area contributed by atoms with Crippen LogP contribution in [0.2, 0.25) is 0 Å². The molecule has 2 N–H and O–H groups in total. The Morgan fingerprint density at radius 3 is 2.72 bits per heavy atom. The van der Waals surface area contributed by atoms with Crippen molar-refractivity contribution in [1.29, 1.82) is 0 Å². The number of rotatable bonds is 4. The van der Waals surface area contributed by atoms with Crippen molar-refractivity contribution in [1.82, 2.24) is 24.5 Å². The van der Waals surface area contributed by atoms with Crippen LogP contribution in [0.5, 0.6) is 0 Å². The number of hydrogen-bond donors (Lipinski definition) is 2. The number of anilines is 2. The average molecular weight is 395 g/mol. The van der Waals surface area contributed by atoms with Gasteiger partial charge in [0.1, 0.15) is 0 Å². The van der Waals surface area contributed by atoms with Crippen LogP contribution in [0.3, 0.4) is 0 Å². The van der Waals surface area contributed by atoms with Gasteiger partial charge in [0, 0.05) is 49.6 Å². The van der Waals surface area contributed by atoms with E-state index >= 15 is 0 Å². The minimum absolute atomic E-state index is 0.0279. The zero-order valence-corrected chi connectivity index (χ0v) is 17.7. The van der Waals surface area contributed by atoms with Gasteiger partial charge in [-0.25, -0.2) is 4.98 Å². The Labute approximate surface area is 171 Å². The fourth-order valence-corrected chi connectivity index (χ4v) is 3.95. The second kappa shape index (κ2) is 7.54. The maximum absolute atomic E-state index is 12.5. The molecule has 1 fully saturated rings. The highest BCUT2D eigenvalue weighted by Crippen LogP contribution is 2.31. The number of aryl methyl sites for hydroxylation is 1. The number of nitrogens with zero attached hydrogens (tertiary/aromatic N) is 4. The number of nitrogens with one attached hydrogen (secondary N) is 2. The Balaban J connectivity index is 1.51. The molecule has 0 bridgehead atoms. The number of fused-ring (bicyclic) bond motifs is 1. The van der Waals surface area contributed by atoms with Crippen molar-refractivity contribution in [2.24, 2.45) is 5.41 Å². The fraction of sp³-hybridized carbons (Fsp3) is 0.500. The third-order valence-electron chi connectivity index (χ3n) is 5.43. The zero-order valence-electron chi connectivity index (χ0n) is 17.7. The van der Waals surface area contributed by atoms with Crippen molar-refractivity contribution in [2.45, 2.75) is 52.9 Å². The summed E-state index contributed by atoms with van der Waals surface area (Å²) in [7, 11) is 0. The van der Waals surface area contributed by atoms with Crippen molar-refractivity contribution >= 4 is 23.1 Å². The third-order valence-corrected chi connectivity index (χ3v) is 5.43. The second-order valence-electron chi connectivity index (χ2n) is 9.27. The van der Waals surface area contributed by atoms with Gasteiger partial charge in [0.25, 0.3) is 0 Å². The summed E-state index contributed by atoms with van der Waals surface area (Å²) in [5.41, 5.74) is 3.11. The quantitative estimate of drug-likeness (QED) is 0.693. The Hall–Kier alpha value is -2.83. The molecular formula is C22H30N6O. The maximum atomic E-state index is 12.5. The summed E-state index contributed by atoms with van der Waals surface area (Å²) in [5.74, 6) is 2.19. The molecule has 29 heavy (non-hydrogen) atoms. The molecule has 4 heterocycles. The number of aromatic amines is 1. The lowest BCUT2D eigenvalue weighted by atomic mass is 9.89. The minimum atomic E-state index is 0.0279. The predicted octanol–water partition coefficient (Wildman–Crippen LogP) is 4.25. The molecule has 0 aromatic carbocycles. The molecule has 154 valence electrons. The summed E-state index contributed by atoms with van der Waals surface area (Å²) in [6.07, 6.45) is 6.65. The number of aromatic nitrogens is 4. The van der Waals surface area contributed by atoms with E-state index < -0.39 is 0 Å². The number of piperidine rings is 1. The molecule has 0 unspecified atom stereocenters. The van der Waals surface area contributed by atoms with E-state index in [9.17, 15) is 4.79 Å². The van der Waals surface area contributed by atoms with Gasteiger partial charge in [-0.1, -0.05) is 20.8 Å². The summed E-state index contributed by atoms with van der Waals surface area (Å²) in [6.45, 7) is 9.91. The van der Waals surface area contributed by atoms with Gasteiger partial charge in [-0.3, -0.25) is 9.89 Å². The lowest BCUT2D eigenvalue weighted by molar-refractivity contribution is -0.134. The van der Waals surface area contributed by atoms with Crippen LogP contribution >= 0.6 is 0 Å². The normalized spacial score (nSPS) is 15.8. The van der Waals surface area contributed by atoms with Gasteiger partial charge in [0.15, 0.2) is 11.6 Å². The van der Waals surface area contributed by atoms with Crippen molar-refractivity contribution in [3.8, 4) is 0 Å². The summed E-state index contributed by atoms with van der Waals surface area (Å²) < 4.78 is 2.11. The molecule has 1 saturated heterocycles. The lowest BCUT2D eigenvalue weighted by Crippen LogP contribution is -2.39. The third kappa shape index (κ3) is 4.44. The van der Waals surface area contributed by atoms with Gasteiger partial charge in [0.2, 0.25) is 5.91 Å². The van der Waals surface area contributed by atoms with Gasteiger partial charge in [-0.2, -0.15) is 5.10 Å². The molecule has 3 aromatic heterocycles. The van der Waals surface area contributed by atoms with E-state index in [4.69, 9.17) is 4.98 Å². The molecule has 0 radical (unpaired) electrons. The monoisotopic (exact) mass is 394 g/mol. The Bertz CT molecular complexity index is 1000. The highest BCUT2D eigenvalue weighted by atomic mass is 16.2. The van der Waals surface area contributed by atoms with Crippen molar-refractivity contribution < 1.29 is 4.79 Å². The Morgan fingerprint density at radius 1 is 1.31 bits per heavy atom. The Morgan fingerprint density at radius 2 is 2.07 bits per heavy atom. The number of H-pyrrole nitrogens is 1. The first-order valence-electron chi connectivity index (χ1n) is 10.3. The van der Waals surface area contributed by atoms with Crippen LogP contribution in [0, 0.1) is 12.3 Å². The molecule has 3 aromatic rings. The molecule has 0 atom stereocenters. The number of carbonyl (C=O) groups is 1. The average Bonchev–Trinajstić information content (AvgIpc) is 3.29. The molecule has 1 aliphatic heterocycles. The molecule has 7 nitrogen and oxygen atoms in total. The lowest BCUT2D eigenvalue weighted by Gasteiger charge is -2.33. The Kier molecular flexibility index (Phi) is 5.06. The summed E-state index contributed by atoms with van der Waals surface area (Å²) in [4.78, 5) is 19.5. The van der Waals surface area contributed by atoms with Gasteiger partial charge in [-0.05, 0) is 37.3 Å². The molecule has 7 heteroatoms. The van der Waals surface area contributed by atoms with Crippen LogP contribution < -0.4 is 5.32 Å². The number of carbonyl (C=O) groups excluding carboxylic acids is 1. The summed E-state index contributed by atoms with van der Waals surface area (Å²) in [6, 6.07) is 6.04. The number of hydrogen-bond acceptors (Lipinski definition) is 4. The van der Waals surface area contributed by atoms with E-state index in [1.54, 1.807) is 0 Å². The van der Waals surface area contributed by atoms with Gasteiger partial charge in [0.05, 0.1) is 11.2 Å². The largest absolute Gasteiger partial charge is 0.343 e. The van der Waals surface area contributed by atoms with Crippen LogP contribution in [0.25, 0.3) is 5.52 Å². The maximum Gasteiger partial charge on any atom is 0.223 e. The van der Waals surface area contributed by atoms with Crippen LogP contribution in [-0.2, 0) is 4.79 Å². The van der Waals surface area contributed by atoms with Crippen molar-refractivity contribution in [2.75, 3.05) is 18.4 Å². The van der Waals surface area contributed by atoms with Crippen molar-refractivity contribution in [3.05, 3.63) is 42.0 Å². The first-order valence-corrected chi connectivity index (χ1v) is 10.3. The molecule has 0 saturated carbocycles. The van der Waals surface area contributed by atoms with Crippen LogP contribution in [0.1, 0.15) is 57.3 Å². The van der Waals surface area contributed by atoms with Crippen molar-refractivity contribution in [3.63, 3.8) is 0 Å². The molecule has 0 aliphatic carbocycles. The SMILES string of the molecule is Cc1cc(Nc2nc(C3CCN(C(=O)CC(C)(C)C)CC3)cn3cccc23)n[nH]1. The van der Waals surface area contributed by atoms with Gasteiger partial charge in [-0.15, -0.1) is 0 Å². The summed E-state index contributed by atoms with van der Waals surface area (Å²) in [5, 5.41) is 10.6. The standard InChI is InChI=1S/C22H30N6O/c1-15-12-19(26-25-15)24-21-18-6-5-9-28(18)14-17(23-21)16-7-10-27(11-8-16)20(29)13-22(2,3)4/h5-6,9,12,14,16H,7-8,10-11,13H2,1-4H3,(H2,23,24,25,26). The van der Waals surface area contributed by atoms with E-state index in [0.29, 0.717) is 12.3 Å². The minimum Gasteiger partial charge on any atom is -0.343 e. The van der Waals surface area contributed by atoms with E-state index in [2.05, 4.69) is 46.9 Å². The van der Waals surface area contributed by atoms with E-state index in [1.165, 1.54) is 0 Å².